The number of rotatable bonds is 6. The molecule has 0 heterocycles. The predicted molar refractivity (Wildman–Crippen MR) is 61.8 cm³/mol. The molecular formula is C12H15ClO. The fraction of sp³-hybridized carbons (Fsp3) is 0.333. The number of alkyl halides is 1. The van der Waals surface area contributed by atoms with Crippen LogP contribution < -0.4 is 0 Å². The molecule has 0 N–H and O–H groups in total. The number of halogens is 1. The molecule has 0 amide bonds. The zero-order valence-corrected chi connectivity index (χ0v) is 8.96. The van der Waals surface area contributed by atoms with Gasteiger partial charge in [-0.05, 0) is 17.5 Å². The molecule has 0 saturated heterocycles. The van der Waals surface area contributed by atoms with Gasteiger partial charge in [0, 0.05) is 5.88 Å². The van der Waals surface area contributed by atoms with E-state index in [1.54, 1.807) is 0 Å². The second-order valence-electron chi connectivity index (χ2n) is 3.00. The second kappa shape index (κ2) is 6.63. The lowest BCUT2D eigenvalue weighted by molar-refractivity contribution is 0.152. The van der Waals surface area contributed by atoms with Crippen LogP contribution in [0.5, 0.6) is 0 Å². The Labute approximate surface area is 90.3 Å². The van der Waals surface area contributed by atoms with Gasteiger partial charge in [0.25, 0.3) is 0 Å². The molecule has 1 nitrogen and oxygen atoms in total. The minimum Gasteiger partial charge on any atom is -0.380 e. The predicted octanol–water partition coefficient (Wildman–Crippen LogP) is 3.13. The van der Waals surface area contributed by atoms with Crippen LogP contribution in [0.25, 0.3) is 6.08 Å². The summed E-state index contributed by atoms with van der Waals surface area (Å²) in [7, 11) is 0. The highest BCUT2D eigenvalue weighted by Gasteiger charge is 1.93. The van der Waals surface area contributed by atoms with Crippen LogP contribution in [0, 0.1) is 0 Å². The Kier molecular flexibility index (Phi) is 5.35. The lowest BCUT2D eigenvalue weighted by Gasteiger charge is -2.02. The van der Waals surface area contributed by atoms with Gasteiger partial charge in [-0.15, -0.1) is 11.6 Å². The highest BCUT2D eigenvalue weighted by Crippen LogP contribution is 2.06. The summed E-state index contributed by atoms with van der Waals surface area (Å²) < 4.78 is 5.29. The highest BCUT2D eigenvalue weighted by atomic mass is 35.5. The molecule has 0 radical (unpaired) electrons. The van der Waals surface area contributed by atoms with Gasteiger partial charge >= 0.3 is 0 Å². The maximum Gasteiger partial charge on any atom is 0.0601 e. The average Bonchev–Trinajstić information content (AvgIpc) is 2.25. The molecule has 0 unspecified atom stereocenters. The van der Waals surface area contributed by atoms with Gasteiger partial charge in [0.15, 0.2) is 0 Å². The van der Waals surface area contributed by atoms with Crippen LogP contribution in [0.1, 0.15) is 11.1 Å². The van der Waals surface area contributed by atoms with Gasteiger partial charge in [0.2, 0.25) is 0 Å². The molecule has 0 bridgehead atoms. The first-order valence-electron chi connectivity index (χ1n) is 4.72. The molecule has 1 aromatic carbocycles. The van der Waals surface area contributed by atoms with Gasteiger partial charge in [-0.2, -0.15) is 0 Å². The van der Waals surface area contributed by atoms with Crippen LogP contribution in [0.2, 0.25) is 0 Å². The molecule has 0 aliphatic heterocycles. The zero-order valence-electron chi connectivity index (χ0n) is 8.21. The first-order valence-corrected chi connectivity index (χ1v) is 5.25. The van der Waals surface area contributed by atoms with E-state index in [9.17, 15) is 0 Å². The molecule has 0 saturated carbocycles. The third-order valence-electron chi connectivity index (χ3n) is 1.97. The highest BCUT2D eigenvalue weighted by molar-refractivity contribution is 6.17. The Balaban J connectivity index is 2.32. The Morgan fingerprint density at radius 1 is 1.21 bits per heavy atom. The van der Waals surface area contributed by atoms with Crippen molar-refractivity contribution in [2.45, 2.75) is 6.42 Å². The van der Waals surface area contributed by atoms with Crippen molar-refractivity contribution in [3.05, 3.63) is 42.0 Å². The van der Waals surface area contributed by atoms with Gasteiger partial charge in [-0.3, -0.25) is 0 Å². The number of hydrogen-bond donors (Lipinski definition) is 0. The van der Waals surface area contributed by atoms with Crippen LogP contribution >= 0.6 is 11.6 Å². The average molecular weight is 211 g/mol. The zero-order chi connectivity index (χ0) is 10.2. The van der Waals surface area contributed by atoms with Crippen LogP contribution in [0.4, 0.5) is 0 Å². The van der Waals surface area contributed by atoms with E-state index in [0.29, 0.717) is 12.5 Å². The largest absolute Gasteiger partial charge is 0.380 e. The van der Waals surface area contributed by atoms with Gasteiger partial charge in [0.05, 0.1) is 13.2 Å². The summed E-state index contributed by atoms with van der Waals surface area (Å²) in [6.07, 6.45) is 2.78. The minimum absolute atomic E-state index is 0.565. The summed E-state index contributed by atoms with van der Waals surface area (Å²) in [6.45, 7) is 5.08. The van der Waals surface area contributed by atoms with Crippen LogP contribution in [-0.2, 0) is 11.2 Å². The Hall–Kier alpha value is -0.790. The van der Waals surface area contributed by atoms with E-state index in [0.717, 1.165) is 18.6 Å². The number of benzene rings is 1. The summed E-state index contributed by atoms with van der Waals surface area (Å²) in [5, 5.41) is 0. The number of hydrogen-bond acceptors (Lipinski definition) is 1. The van der Waals surface area contributed by atoms with E-state index >= 15 is 0 Å². The molecule has 0 atom stereocenters. The van der Waals surface area contributed by atoms with Crippen molar-refractivity contribution in [3.63, 3.8) is 0 Å². The summed E-state index contributed by atoms with van der Waals surface area (Å²) in [4.78, 5) is 0. The lowest BCUT2D eigenvalue weighted by Crippen LogP contribution is -2.00. The molecule has 1 aromatic rings. The van der Waals surface area contributed by atoms with Gasteiger partial charge in [-0.1, -0.05) is 36.9 Å². The normalized spacial score (nSPS) is 10.1. The van der Waals surface area contributed by atoms with Crippen LogP contribution in [0.15, 0.2) is 30.8 Å². The molecule has 0 aliphatic rings. The standard InChI is InChI=1S/C12H15ClO/c1-2-11-3-5-12(6-4-11)7-9-14-10-8-13/h2-6H,1,7-10H2. The van der Waals surface area contributed by atoms with E-state index in [2.05, 4.69) is 30.8 Å². The Morgan fingerprint density at radius 3 is 2.50 bits per heavy atom. The monoisotopic (exact) mass is 210 g/mol. The van der Waals surface area contributed by atoms with E-state index in [4.69, 9.17) is 16.3 Å². The summed E-state index contributed by atoms with van der Waals surface area (Å²) >= 11 is 5.49. The van der Waals surface area contributed by atoms with Crippen molar-refractivity contribution in [3.8, 4) is 0 Å². The molecular weight excluding hydrogens is 196 g/mol. The minimum atomic E-state index is 0.565. The smallest absolute Gasteiger partial charge is 0.0601 e. The summed E-state index contributed by atoms with van der Waals surface area (Å²) in [6, 6.07) is 8.32. The maximum atomic E-state index is 5.49. The van der Waals surface area contributed by atoms with Gasteiger partial charge in [0.1, 0.15) is 0 Å². The molecule has 2 heteroatoms. The van der Waals surface area contributed by atoms with Crippen molar-refractivity contribution in [1.29, 1.82) is 0 Å². The van der Waals surface area contributed by atoms with Crippen molar-refractivity contribution >= 4 is 17.7 Å². The third kappa shape index (κ3) is 3.95. The fourth-order valence-electron chi connectivity index (χ4n) is 1.17. The van der Waals surface area contributed by atoms with E-state index < -0.39 is 0 Å². The molecule has 14 heavy (non-hydrogen) atoms. The van der Waals surface area contributed by atoms with Crippen molar-refractivity contribution in [1.82, 2.24) is 0 Å². The molecule has 0 aromatic heterocycles. The molecule has 0 fully saturated rings. The van der Waals surface area contributed by atoms with E-state index in [1.165, 1.54) is 5.56 Å². The van der Waals surface area contributed by atoms with Gasteiger partial charge in [-0.25, -0.2) is 0 Å². The van der Waals surface area contributed by atoms with Crippen molar-refractivity contribution in [2.75, 3.05) is 19.1 Å². The van der Waals surface area contributed by atoms with Crippen LogP contribution in [-0.4, -0.2) is 19.1 Å². The van der Waals surface area contributed by atoms with E-state index in [1.807, 2.05) is 6.08 Å². The van der Waals surface area contributed by atoms with Crippen molar-refractivity contribution < 1.29 is 4.74 Å². The van der Waals surface area contributed by atoms with Gasteiger partial charge < -0.3 is 4.74 Å². The fourth-order valence-corrected chi connectivity index (χ4v) is 1.28. The summed E-state index contributed by atoms with van der Waals surface area (Å²) in [5.74, 6) is 0.565. The quantitative estimate of drug-likeness (QED) is 0.518. The van der Waals surface area contributed by atoms with Crippen LogP contribution in [0.3, 0.4) is 0 Å². The third-order valence-corrected chi connectivity index (χ3v) is 2.13. The molecule has 1 rings (SSSR count). The van der Waals surface area contributed by atoms with Crippen molar-refractivity contribution in [2.24, 2.45) is 0 Å². The molecule has 76 valence electrons. The molecule has 0 aliphatic carbocycles. The SMILES string of the molecule is C=Cc1ccc(CCOCCCl)cc1. The number of ether oxygens (including phenoxy) is 1. The Bertz CT molecular complexity index is 266. The molecule has 0 spiro atoms. The first-order chi connectivity index (χ1) is 6.86. The first kappa shape index (κ1) is 11.3. The summed E-state index contributed by atoms with van der Waals surface area (Å²) in [5.41, 5.74) is 2.43. The maximum absolute atomic E-state index is 5.49. The topological polar surface area (TPSA) is 9.23 Å². The second-order valence-corrected chi connectivity index (χ2v) is 3.38. The lowest BCUT2D eigenvalue weighted by atomic mass is 10.1. The Morgan fingerprint density at radius 2 is 1.93 bits per heavy atom. The van der Waals surface area contributed by atoms with E-state index in [-0.39, 0.29) is 0 Å².